The lowest BCUT2D eigenvalue weighted by Crippen LogP contribution is -2.61. The van der Waals surface area contributed by atoms with E-state index in [4.69, 9.17) is 23.7 Å². The lowest BCUT2D eigenvalue weighted by atomic mass is 9.98. The van der Waals surface area contributed by atoms with E-state index in [2.05, 4.69) is 142 Å². The largest absolute Gasteiger partial charge is 0.479 e. The maximum Gasteiger partial charge on any atom is 0.335 e. The van der Waals surface area contributed by atoms with Gasteiger partial charge in [0.15, 0.2) is 24.6 Å². The summed E-state index contributed by atoms with van der Waals surface area (Å²) in [6, 6.07) is 0. The van der Waals surface area contributed by atoms with Crippen LogP contribution < -0.4 is 0 Å². The SMILES string of the molecule is CC/C=C\C/C=C\C/C=C\C/C=C\C/C=C\C/C=C\CCC(=O)OCC(COC1OC(C(=O)O)C(O)C(O)C1OC(=O)CCCCCCCCCCC)OC(=O)CCCCC/C=C\C/C=C\C/C=C\C/C=C\C/C=C\CC. The second kappa shape index (κ2) is 51.6. The summed E-state index contributed by atoms with van der Waals surface area (Å²) in [5, 5.41) is 31.4. The van der Waals surface area contributed by atoms with Gasteiger partial charge in [-0.1, -0.05) is 212 Å². The fourth-order valence-corrected chi connectivity index (χ4v) is 7.83. The van der Waals surface area contributed by atoms with Gasteiger partial charge in [-0.25, -0.2) is 4.79 Å². The Kier molecular flexibility index (Phi) is 46.8. The number of carbonyl (C=O) groups excluding carboxylic acids is 3. The van der Waals surface area contributed by atoms with Gasteiger partial charge in [-0.05, 0) is 103 Å². The molecule has 0 spiro atoms. The smallest absolute Gasteiger partial charge is 0.335 e. The predicted molar refractivity (Wildman–Crippen MR) is 312 cm³/mol. The van der Waals surface area contributed by atoms with Crippen LogP contribution in [0.25, 0.3) is 0 Å². The maximum absolute atomic E-state index is 13.1. The summed E-state index contributed by atoms with van der Waals surface area (Å²) in [5.74, 6) is -3.30. The number of allylic oxidation sites excluding steroid dienone is 22. The van der Waals surface area contributed by atoms with E-state index in [1.165, 1.54) is 25.7 Å². The van der Waals surface area contributed by atoms with Crippen LogP contribution in [0.1, 0.15) is 201 Å². The average molecular weight is 1070 g/mol. The van der Waals surface area contributed by atoms with Crippen LogP contribution in [0.4, 0.5) is 0 Å². The highest BCUT2D eigenvalue weighted by molar-refractivity contribution is 5.74. The van der Waals surface area contributed by atoms with Gasteiger partial charge in [0.25, 0.3) is 0 Å². The van der Waals surface area contributed by atoms with E-state index in [1.807, 2.05) is 12.2 Å². The van der Waals surface area contributed by atoms with Crippen molar-refractivity contribution in [3.05, 3.63) is 134 Å². The number of unbranched alkanes of at least 4 members (excludes halogenated alkanes) is 11. The minimum absolute atomic E-state index is 0.0430. The van der Waals surface area contributed by atoms with E-state index in [0.29, 0.717) is 25.7 Å². The lowest BCUT2D eigenvalue weighted by molar-refractivity contribution is -0.301. The number of hydrogen-bond acceptors (Lipinski definition) is 11. The molecule has 0 bridgehead atoms. The van der Waals surface area contributed by atoms with E-state index in [-0.39, 0.29) is 25.9 Å². The highest BCUT2D eigenvalue weighted by atomic mass is 16.7. The van der Waals surface area contributed by atoms with Gasteiger partial charge in [-0.3, -0.25) is 14.4 Å². The van der Waals surface area contributed by atoms with Gasteiger partial charge in [0.1, 0.15) is 18.8 Å². The quantitative estimate of drug-likeness (QED) is 0.0228. The third-order valence-corrected chi connectivity index (χ3v) is 12.2. The third-order valence-electron chi connectivity index (χ3n) is 12.2. The van der Waals surface area contributed by atoms with Gasteiger partial charge in [0, 0.05) is 19.3 Å². The summed E-state index contributed by atoms with van der Waals surface area (Å²) in [7, 11) is 0. The minimum atomic E-state index is -1.92. The Morgan fingerprint density at radius 1 is 0.442 bits per heavy atom. The summed E-state index contributed by atoms with van der Waals surface area (Å²) in [6.07, 6.45) is 60.2. The molecule has 1 saturated heterocycles. The molecule has 1 aliphatic rings. The Hall–Kier alpha value is -5.14. The standard InChI is InChI=1S/C65H100O12/c1-4-7-10-13-16-19-21-23-25-27-29-31-33-35-37-40-42-45-48-51-57(66)73-54-56(75-58(67)52-49-46-44-41-38-36-34-32-30-28-26-24-22-20-17-14-11-8-5-2)55-74-65-63(61(70)60(69)62(77-65)64(71)72)76-59(68)53-50-47-43-39-18-15-12-9-6-3/h7-8,10-11,16-17,19-20,23-26,29-32,35-38,42,45,56,60-63,65,69-70H,4-6,9,12-15,18,21-22,27-28,33-34,39-41,43-44,46-55H2,1-3H3,(H,71,72)/b10-7-,11-8-,19-16-,20-17-,25-23-,26-24-,31-29-,32-30-,37-35-,38-36-,45-42-. The number of aliphatic carboxylic acids is 1. The molecule has 6 unspecified atom stereocenters. The van der Waals surface area contributed by atoms with Crippen molar-refractivity contribution in [2.75, 3.05) is 13.2 Å². The lowest BCUT2D eigenvalue weighted by Gasteiger charge is -2.40. The van der Waals surface area contributed by atoms with E-state index < -0.39 is 67.3 Å². The van der Waals surface area contributed by atoms with Gasteiger partial charge in [-0.15, -0.1) is 0 Å². The number of carboxylic acids is 1. The molecular weight excluding hydrogens is 973 g/mol. The zero-order valence-corrected chi connectivity index (χ0v) is 47.4. The van der Waals surface area contributed by atoms with Crippen LogP contribution >= 0.6 is 0 Å². The van der Waals surface area contributed by atoms with Crippen LogP contribution in [0.3, 0.4) is 0 Å². The van der Waals surface area contributed by atoms with Crippen molar-refractivity contribution in [3.8, 4) is 0 Å². The van der Waals surface area contributed by atoms with E-state index in [1.54, 1.807) is 0 Å². The van der Waals surface area contributed by atoms with Crippen molar-refractivity contribution in [2.45, 2.75) is 237 Å². The molecule has 12 heteroatoms. The second-order valence-electron chi connectivity index (χ2n) is 19.2. The zero-order valence-electron chi connectivity index (χ0n) is 47.4. The molecule has 3 N–H and O–H groups in total. The maximum atomic E-state index is 13.1. The summed E-state index contributed by atoms with van der Waals surface area (Å²) < 4.78 is 28.2. The summed E-state index contributed by atoms with van der Waals surface area (Å²) >= 11 is 0. The predicted octanol–water partition coefficient (Wildman–Crippen LogP) is 15.0. The van der Waals surface area contributed by atoms with Gasteiger partial charge in [-0.2, -0.15) is 0 Å². The van der Waals surface area contributed by atoms with Crippen molar-refractivity contribution in [2.24, 2.45) is 0 Å². The van der Waals surface area contributed by atoms with Crippen molar-refractivity contribution in [1.29, 1.82) is 0 Å². The molecule has 0 aliphatic carbocycles. The van der Waals surface area contributed by atoms with Gasteiger partial charge >= 0.3 is 23.9 Å². The number of esters is 3. The number of carbonyl (C=O) groups is 4. The molecule has 0 saturated carbocycles. The summed E-state index contributed by atoms with van der Waals surface area (Å²) in [4.78, 5) is 51.0. The number of aliphatic hydroxyl groups excluding tert-OH is 2. The van der Waals surface area contributed by atoms with Crippen LogP contribution in [-0.4, -0.2) is 89.2 Å². The molecule has 1 heterocycles. The topological polar surface area (TPSA) is 175 Å². The van der Waals surface area contributed by atoms with Crippen LogP contribution in [0.2, 0.25) is 0 Å². The molecule has 77 heavy (non-hydrogen) atoms. The van der Waals surface area contributed by atoms with Gasteiger partial charge < -0.3 is 39.0 Å². The first-order chi connectivity index (χ1) is 37.6. The van der Waals surface area contributed by atoms with Crippen LogP contribution in [0, 0.1) is 0 Å². The van der Waals surface area contributed by atoms with Crippen molar-refractivity contribution < 1.29 is 58.2 Å². The van der Waals surface area contributed by atoms with E-state index in [0.717, 1.165) is 109 Å². The first kappa shape index (κ1) is 69.9. The molecule has 6 atom stereocenters. The summed E-state index contributed by atoms with van der Waals surface area (Å²) in [6.45, 7) is 5.62. The number of hydrogen-bond donors (Lipinski definition) is 3. The molecule has 0 radical (unpaired) electrons. The van der Waals surface area contributed by atoms with Crippen LogP contribution in [0.15, 0.2) is 134 Å². The van der Waals surface area contributed by atoms with Crippen LogP contribution in [0.5, 0.6) is 0 Å². The zero-order chi connectivity index (χ0) is 56.1. The fourth-order valence-electron chi connectivity index (χ4n) is 7.83. The Balaban J connectivity index is 2.76. The van der Waals surface area contributed by atoms with Crippen molar-refractivity contribution in [1.82, 2.24) is 0 Å². The molecule has 0 aromatic heterocycles. The van der Waals surface area contributed by atoms with Crippen molar-refractivity contribution in [3.63, 3.8) is 0 Å². The number of carboxylic acid groups (broad SMARTS) is 1. The second-order valence-corrected chi connectivity index (χ2v) is 19.2. The van der Waals surface area contributed by atoms with Crippen molar-refractivity contribution >= 4 is 23.9 Å². The monoisotopic (exact) mass is 1070 g/mol. The van der Waals surface area contributed by atoms with E-state index in [9.17, 15) is 34.5 Å². The minimum Gasteiger partial charge on any atom is -0.479 e. The Morgan fingerprint density at radius 3 is 1.30 bits per heavy atom. The summed E-state index contributed by atoms with van der Waals surface area (Å²) in [5.41, 5.74) is 0. The molecular formula is C65H100O12. The molecule has 1 fully saturated rings. The number of ether oxygens (including phenoxy) is 5. The Bertz CT molecular complexity index is 1850. The average Bonchev–Trinajstić information content (AvgIpc) is 3.42. The van der Waals surface area contributed by atoms with Gasteiger partial charge in [0.2, 0.25) is 0 Å². The number of rotatable bonds is 47. The first-order valence-corrected chi connectivity index (χ1v) is 29.2. The third kappa shape index (κ3) is 41.6. The molecule has 1 aliphatic heterocycles. The highest BCUT2D eigenvalue weighted by Gasteiger charge is 2.50. The highest BCUT2D eigenvalue weighted by Crippen LogP contribution is 2.26. The molecule has 0 amide bonds. The van der Waals surface area contributed by atoms with Crippen LogP contribution in [-0.2, 0) is 42.9 Å². The Labute approximate surface area is 464 Å². The number of aliphatic hydroxyl groups is 2. The molecule has 12 nitrogen and oxygen atoms in total. The normalized spacial score (nSPS) is 19.0. The first-order valence-electron chi connectivity index (χ1n) is 29.2. The fraction of sp³-hybridized carbons (Fsp3) is 0.600. The molecule has 1 rings (SSSR count). The molecule has 432 valence electrons. The Morgan fingerprint density at radius 2 is 0.844 bits per heavy atom. The van der Waals surface area contributed by atoms with E-state index >= 15 is 0 Å². The van der Waals surface area contributed by atoms with Gasteiger partial charge in [0.05, 0.1) is 6.61 Å². The molecule has 0 aromatic rings. The molecule has 0 aromatic carbocycles.